The van der Waals surface area contributed by atoms with E-state index in [-0.39, 0.29) is 18.1 Å². The van der Waals surface area contributed by atoms with Gasteiger partial charge < -0.3 is 20.0 Å². The molecule has 0 radical (unpaired) electrons. The molecule has 1 aliphatic rings. The normalized spacial score (nSPS) is 16.8. The highest BCUT2D eigenvalue weighted by atomic mass is 32.2. The third-order valence-corrected chi connectivity index (χ3v) is 5.67. The van der Waals surface area contributed by atoms with Crippen molar-refractivity contribution in [2.45, 2.75) is 18.6 Å². The molecule has 7 nitrogen and oxygen atoms in total. The van der Waals surface area contributed by atoms with Gasteiger partial charge in [0.05, 0.1) is 17.6 Å². The minimum Gasteiger partial charge on any atom is -0.481 e. The molecule has 0 bridgehead atoms. The number of carbonyl (C=O) groups excluding carboxylic acids is 1. The Morgan fingerprint density at radius 2 is 1.69 bits per heavy atom. The van der Waals surface area contributed by atoms with Crippen LogP contribution >= 0.6 is 11.8 Å². The molecule has 2 atom stereocenters. The fourth-order valence-corrected chi connectivity index (χ4v) is 3.77. The van der Waals surface area contributed by atoms with Crippen LogP contribution in [0.5, 0.6) is 0 Å². The van der Waals surface area contributed by atoms with Gasteiger partial charge in [-0.25, -0.2) is 0 Å². The molecule has 1 saturated heterocycles. The van der Waals surface area contributed by atoms with Gasteiger partial charge >= 0.3 is 11.9 Å². The first-order valence-corrected chi connectivity index (χ1v) is 9.58. The summed E-state index contributed by atoms with van der Waals surface area (Å²) in [6, 6.07) is 9.94. The highest BCUT2D eigenvalue weighted by molar-refractivity contribution is 8.00. The van der Waals surface area contributed by atoms with Gasteiger partial charge in [-0.2, -0.15) is 0 Å². The van der Waals surface area contributed by atoms with Crippen molar-refractivity contribution >= 4 is 35.3 Å². The van der Waals surface area contributed by atoms with Gasteiger partial charge in [0, 0.05) is 37.6 Å². The molecule has 1 amide bonds. The Hall–Kier alpha value is -2.22. The number of nitrogens with zero attached hydrogens (tertiary/aromatic N) is 2. The maximum atomic E-state index is 12.7. The number of carbonyl (C=O) groups is 3. The van der Waals surface area contributed by atoms with Crippen molar-refractivity contribution in [3.63, 3.8) is 0 Å². The van der Waals surface area contributed by atoms with E-state index in [2.05, 4.69) is 4.90 Å². The first kappa shape index (κ1) is 20.1. The van der Waals surface area contributed by atoms with E-state index in [9.17, 15) is 14.4 Å². The van der Waals surface area contributed by atoms with E-state index in [0.717, 1.165) is 17.4 Å². The maximum Gasteiger partial charge on any atom is 0.316 e. The molecular weight excluding hydrogens is 356 g/mol. The molecule has 0 aliphatic carbocycles. The lowest BCUT2D eigenvalue weighted by Crippen LogP contribution is -2.51. The zero-order chi connectivity index (χ0) is 19.1. The summed E-state index contributed by atoms with van der Waals surface area (Å²) in [5.41, 5.74) is 1.10. The summed E-state index contributed by atoms with van der Waals surface area (Å²) in [5.74, 6) is -2.73. The molecule has 1 fully saturated rings. The zero-order valence-corrected chi connectivity index (χ0v) is 15.5. The quantitative estimate of drug-likeness (QED) is 0.707. The molecule has 26 heavy (non-hydrogen) atoms. The highest BCUT2D eigenvalue weighted by Gasteiger charge is 2.30. The third-order valence-electron chi connectivity index (χ3n) is 4.38. The summed E-state index contributed by atoms with van der Waals surface area (Å²) in [4.78, 5) is 38.7. The SMILES string of the molecule is CC(SCC(CC(=O)O)C(=O)N1CCN(c2ccccc2)CC1)C(=O)O. The van der Waals surface area contributed by atoms with Crippen molar-refractivity contribution in [2.24, 2.45) is 5.92 Å². The number of benzene rings is 1. The van der Waals surface area contributed by atoms with E-state index < -0.39 is 23.1 Å². The van der Waals surface area contributed by atoms with Crippen molar-refractivity contribution in [2.75, 3.05) is 36.8 Å². The van der Waals surface area contributed by atoms with E-state index in [1.165, 1.54) is 6.92 Å². The van der Waals surface area contributed by atoms with Gasteiger partial charge in [-0.05, 0) is 19.1 Å². The highest BCUT2D eigenvalue weighted by Crippen LogP contribution is 2.22. The van der Waals surface area contributed by atoms with Crippen LogP contribution in [0.1, 0.15) is 13.3 Å². The minimum atomic E-state index is -1.05. The molecule has 1 heterocycles. The molecule has 0 spiro atoms. The van der Waals surface area contributed by atoms with E-state index in [1.54, 1.807) is 4.90 Å². The van der Waals surface area contributed by atoms with Crippen LogP contribution in [0.25, 0.3) is 0 Å². The van der Waals surface area contributed by atoms with Gasteiger partial charge in [0.25, 0.3) is 0 Å². The Morgan fingerprint density at radius 1 is 1.08 bits per heavy atom. The predicted octanol–water partition coefficient (Wildman–Crippen LogP) is 1.63. The lowest BCUT2D eigenvalue weighted by Gasteiger charge is -2.37. The van der Waals surface area contributed by atoms with E-state index in [4.69, 9.17) is 10.2 Å². The van der Waals surface area contributed by atoms with Crippen molar-refractivity contribution in [3.8, 4) is 0 Å². The second-order valence-electron chi connectivity index (χ2n) is 6.26. The summed E-state index contributed by atoms with van der Waals surface area (Å²) >= 11 is 1.10. The van der Waals surface area contributed by atoms with Gasteiger partial charge in [-0.15, -0.1) is 11.8 Å². The number of carboxylic acids is 2. The number of thioether (sulfide) groups is 1. The van der Waals surface area contributed by atoms with Gasteiger partial charge in [0.2, 0.25) is 5.91 Å². The number of carboxylic acid groups (broad SMARTS) is 2. The van der Waals surface area contributed by atoms with Crippen molar-refractivity contribution in [1.29, 1.82) is 0 Å². The molecule has 1 aromatic rings. The molecular formula is C18H24N2O5S. The number of piperazine rings is 1. The Kier molecular flexibility index (Phi) is 7.32. The van der Waals surface area contributed by atoms with Crippen LogP contribution in [0.3, 0.4) is 0 Å². The minimum absolute atomic E-state index is 0.192. The molecule has 1 aliphatic heterocycles. The molecule has 0 aromatic heterocycles. The number of para-hydroxylation sites is 1. The van der Waals surface area contributed by atoms with Crippen LogP contribution in [0, 0.1) is 5.92 Å². The van der Waals surface area contributed by atoms with Crippen molar-refractivity contribution in [3.05, 3.63) is 30.3 Å². The Bertz CT molecular complexity index is 632. The smallest absolute Gasteiger partial charge is 0.316 e. The van der Waals surface area contributed by atoms with Crippen LogP contribution in [0.4, 0.5) is 5.69 Å². The second-order valence-corrected chi connectivity index (χ2v) is 7.63. The summed E-state index contributed by atoms with van der Waals surface area (Å²) in [5, 5.41) is 17.4. The molecule has 8 heteroatoms. The first-order chi connectivity index (χ1) is 12.4. The Balaban J connectivity index is 1.93. The predicted molar refractivity (Wildman–Crippen MR) is 101 cm³/mol. The number of amides is 1. The zero-order valence-electron chi connectivity index (χ0n) is 14.7. The topological polar surface area (TPSA) is 98.2 Å². The number of anilines is 1. The lowest BCUT2D eigenvalue weighted by atomic mass is 10.1. The summed E-state index contributed by atoms with van der Waals surface area (Å²) in [7, 11) is 0. The summed E-state index contributed by atoms with van der Waals surface area (Å²) < 4.78 is 0. The van der Waals surface area contributed by atoms with Gasteiger partial charge in [-0.3, -0.25) is 14.4 Å². The van der Waals surface area contributed by atoms with Crippen molar-refractivity contribution in [1.82, 2.24) is 4.90 Å². The average Bonchev–Trinajstić information content (AvgIpc) is 2.64. The van der Waals surface area contributed by atoms with Crippen molar-refractivity contribution < 1.29 is 24.6 Å². The van der Waals surface area contributed by atoms with E-state index >= 15 is 0 Å². The molecule has 142 valence electrons. The number of aliphatic carboxylic acids is 2. The first-order valence-electron chi connectivity index (χ1n) is 8.53. The van der Waals surface area contributed by atoms with Gasteiger partial charge in [0.15, 0.2) is 0 Å². The number of hydrogen-bond acceptors (Lipinski definition) is 5. The lowest BCUT2D eigenvalue weighted by molar-refractivity contribution is -0.144. The van der Waals surface area contributed by atoms with Crippen LogP contribution in [-0.2, 0) is 14.4 Å². The standard InChI is InChI=1S/C18H24N2O5S/c1-13(18(24)25)26-12-14(11-16(21)22)17(23)20-9-7-19(8-10-20)15-5-3-2-4-6-15/h2-6,13-14H,7-12H2,1H3,(H,21,22)(H,24,25). The fraction of sp³-hybridized carbons (Fsp3) is 0.500. The Labute approximate surface area is 157 Å². The largest absolute Gasteiger partial charge is 0.481 e. The Morgan fingerprint density at radius 3 is 2.23 bits per heavy atom. The summed E-state index contributed by atoms with van der Waals surface area (Å²) in [6.45, 7) is 3.97. The monoisotopic (exact) mass is 380 g/mol. The van der Waals surface area contributed by atoms with Gasteiger partial charge in [0.1, 0.15) is 0 Å². The molecule has 1 aromatic carbocycles. The average molecular weight is 380 g/mol. The third kappa shape index (κ3) is 5.66. The fourth-order valence-electron chi connectivity index (χ4n) is 2.84. The number of hydrogen-bond donors (Lipinski definition) is 2. The summed E-state index contributed by atoms with van der Waals surface area (Å²) in [6.07, 6.45) is -0.281. The second kappa shape index (κ2) is 9.47. The van der Waals surface area contributed by atoms with Crippen LogP contribution in [0.2, 0.25) is 0 Å². The van der Waals surface area contributed by atoms with E-state index in [1.807, 2.05) is 30.3 Å². The molecule has 0 saturated carbocycles. The van der Waals surface area contributed by atoms with Crippen LogP contribution in [0.15, 0.2) is 30.3 Å². The maximum absolute atomic E-state index is 12.7. The van der Waals surface area contributed by atoms with Gasteiger partial charge in [-0.1, -0.05) is 18.2 Å². The van der Waals surface area contributed by atoms with E-state index in [0.29, 0.717) is 26.2 Å². The number of rotatable bonds is 8. The molecule has 2 N–H and O–H groups in total. The molecule has 2 unspecified atom stereocenters. The molecule has 2 rings (SSSR count). The van der Waals surface area contributed by atoms with Crippen LogP contribution in [-0.4, -0.2) is 70.1 Å². The van der Waals surface area contributed by atoms with Crippen LogP contribution < -0.4 is 4.90 Å².